The number of nitrogens with one attached hydrogen (secondary N) is 1. The number of hydrogen-bond acceptors (Lipinski definition) is 3. The van der Waals surface area contributed by atoms with Gasteiger partial charge in [0, 0.05) is 18.7 Å². The van der Waals surface area contributed by atoms with Crippen LogP contribution < -0.4 is 10.1 Å². The lowest BCUT2D eigenvalue weighted by Gasteiger charge is -2.07. The number of nitrogens with zero attached hydrogens (tertiary/aromatic N) is 2. The maximum absolute atomic E-state index is 12.8. The number of hydrogen-bond donors (Lipinski definition) is 1. The van der Waals surface area contributed by atoms with E-state index in [2.05, 4.69) is 10.3 Å². The minimum atomic E-state index is -0.289. The van der Waals surface area contributed by atoms with Crippen LogP contribution in [0.25, 0.3) is 5.52 Å². The van der Waals surface area contributed by atoms with E-state index in [1.807, 2.05) is 28.8 Å². The highest BCUT2D eigenvalue weighted by molar-refractivity contribution is 5.99. The first kappa shape index (κ1) is 16.6. The first-order valence-corrected chi connectivity index (χ1v) is 8.86. The van der Waals surface area contributed by atoms with Crippen molar-refractivity contribution < 1.29 is 13.9 Å². The molecule has 134 valence electrons. The normalized spacial score (nSPS) is 13.7. The number of carbonyl (C=O) groups excluding carboxylic acids is 1. The molecule has 0 aliphatic heterocycles. The smallest absolute Gasteiger partial charge is 0.272 e. The molecule has 1 fully saturated rings. The number of aromatic nitrogens is 2. The number of imidazole rings is 1. The molecule has 1 amide bonds. The molecule has 1 saturated carbocycles. The van der Waals surface area contributed by atoms with E-state index in [9.17, 15) is 9.18 Å². The van der Waals surface area contributed by atoms with Crippen LogP contribution >= 0.6 is 0 Å². The van der Waals surface area contributed by atoms with Crippen LogP contribution in [-0.2, 0) is 0 Å². The maximum Gasteiger partial charge on any atom is 0.272 e. The van der Waals surface area contributed by atoms with Crippen LogP contribution in [0.1, 0.15) is 41.5 Å². The third-order valence-electron chi connectivity index (χ3n) is 4.42. The lowest BCUT2D eigenvalue weighted by molar-refractivity contribution is 0.0948. The highest BCUT2D eigenvalue weighted by atomic mass is 19.1. The van der Waals surface area contributed by atoms with Crippen LogP contribution in [0.15, 0.2) is 48.7 Å². The molecule has 2 aromatic heterocycles. The van der Waals surface area contributed by atoms with Gasteiger partial charge in [0.1, 0.15) is 17.4 Å². The summed E-state index contributed by atoms with van der Waals surface area (Å²) >= 11 is 0. The molecule has 6 heteroatoms. The fourth-order valence-electron chi connectivity index (χ4n) is 2.94. The van der Waals surface area contributed by atoms with Gasteiger partial charge in [-0.15, -0.1) is 0 Å². The van der Waals surface area contributed by atoms with Gasteiger partial charge in [-0.05, 0) is 55.7 Å². The van der Waals surface area contributed by atoms with Crippen molar-refractivity contribution in [3.8, 4) is 5.75 Å². The number of carbonyl (C=O) groups is 1. The Labute approximate surface area is 150 Å². The molecule has 2 heterocycles. The van der Waals surface area contributed by atoms with Gasteiger partial charge in [0.2, 0.25) is 0 Å². The second-order valence-electron chi connectivity index (χ2n) is 6.46. The molecule has 4 rings (SSSR count). The summed E-state index contributed by atoms with van der Waals surface area (Å²) in [4.78, 5) is 17.1. The molecule has 3 aromatic rings. The van der Waals surface area contributed by atoms with E-state index in [1.165, 1.54) is 12.1 Å². The molecule has 1 aliphatic rings. The molecule has 1 N–H and O–H groups in total. The fraction of sp³-hybridized carbons (Fsp3) is 0.300. The number of amides is 1. The molecule has 1 aliphatic carbocycles. The Hall–Kier alpha value is -2.89. The second-order valence-corrected chi connectivity index (χ2v) is 6.46. The first-order valence-electron chi connectivity index (χ1n) is 8.86. The van der Waals surface area contributed by atoms with E-state index in [4.69, 9.17) is 4.74 Å². The number of benzene rings is 1. The second kappa shape index (κ2) is 7.15. The van der Waals surface area contributed by atoms with Crippen LogP contribution in [0.4, 0.5) is 4.39 Å². The Bertz CT molecular complexity index is 916. The van der Waals surface area contributed by atoms with Crippen molar-refractivity contribution in [3.63, 3.8) is 0 Å². The zero-order chi connectivity index (χ0) is 17.9. The Morgan fingerprint density at radius 3 is 2.81 bits per heavy atom. The average molecular weight is 353 g/mol. The average Bonchev–Trinajstić information content (AvgIpc) is 3.43. The van der Waals surface area contributed by atoms with Crippen LogP contribution in [0.2, 0.25) is 0 Å². The van der Waals surface area contributed by atoms with Gasteiger partial charge >= 0.3 is 0 Å². The molecule has 0 radical (unpaired) electrons. The molecule has 0 bridgehead atoms. The summed E-state index contributed by atoms with van der Waals surface area (Å²) < 4.78 is 20.4. The Morgan fingerprint density at radius 2 is 2.04 bits per heavy atom. The Kier molecular flexibility index (Phi) is 4.56. The number of ether oxygens (including phenoxy) is 1. The van der Waals surface area contributed by atoms with Gasteiger partial charge in [-0.25, -0.2) is 9.37 Å². The fourth-order valence-corrected chi connectivity index (χ4v) is 2.94. The monoisotopic (exact) mass is 353 g/mol. The quantitative estimate of drug-likeness (QED) is 0.661. The predicted octanol–water partition coefficient (Wildman–Crippen LogP) is 3.55. The summed E-state index contributed by atoms with van der Waals surface area (Å²) in [6.45, 7) is 0.938. The minimum Gasteiger partial charge on any atom is -0.494 e. The van der Waals surface area contributed by atoms with Gasteiger partial charge in [0.15, 0.2) is 5.69 Å². The van der Waals surface area contributed by atoms with Crippen molar-refractivity contribution in [1.29, 1.82) is 0 Å². The van der Waals surface area contributed by atoms with Crippen molar-refractivity contribution in [3.05, 3.63) is 66.0 Å². The molecule has 0 saturated heterocycles. The van der Waals surface area contributed by atoms with E-state index >= 15 is 0 Å². The zero-order valence-electron chi connectivity index (χ0n) is 14.3. The van der Waals surface area contributed by atoms with Gasteiger partial charge < -0.3 is 14.5 Å². The first-order chi connectivity index (χ1) is 12.7. The number of fused-ring (bicyclic) bond motifs is 1. The summed E-state index contributed by atoms with van der Waals surface area (Å²) in [5, 5.41) is 2.90. The Balaban J connectivity index is 1.32. The lowest BCUT2D eigenvalue weighted by atomic mass is 10.3. The van der Waals surface area contributed by atoms with Gasteiger partial charge in [-0.1, -0.05) is 6.07 Å². The van der Waals surface area contributed by atoms with Gasteiger partial charge in [0.25, 0.3) is 5.91 Å². The highest BCUT2D eigenvalue weighted by Gasteiger charge is 2.30. The van der Waals surface area contributed by atoms with Crippen LogP contribution in [0.3, 0.4) is 0 Å². The van der Waals surface area contributed by atoms with E-state index in [1.54, 1.807) is 12.1 Å². The van der Waals surface area contributed by atoms with Crippen molar-refractivity contribution in [2.45, 2.75) is 25.2 Å². The number of rotatable bonds is 7. The summed E-state index contributed by atoms with van der Waals surface area (Å²) in [5.74, 6) is 1.61. The molecule has 0 atom stereocenters. The Morgan fingerprint density at radius 1 is 1.23 bits per heavy atom. The van der Waals surface area contributed by atoms with E-state index in [-0.39, 0.29) is 11.7 Å². The van der Waals surface area contributed by atoms with Gasteiger partial charge in [-0.3, -0.25) is 4.79 Å². The number of halogens is 1. The summed E-state index contributed by atoms with van der Waals surface area (Å²) in [6, 6.07) is 11.7. The minimum absolute atomic E-state index is 0.164. The van der Waals surface area contributed by atoms with E-state index in [0.29, 0.717) is 36.9 Å². The molecule has 0 unspecified atom stereocenters. The number of pyridine rings is 1. The lowest BCUT2D eigenvalue weighted by Crippen LogP contribution is -2.26. The van der Waals surface area contributed by atoms with Crippen molar-refractivity contribution >= 4 is 11.4 Å². The van der Waals surface area contributed by atoms with Crippen LogP contribution in [0, 0.1) is 5.82 Å². The molecule has 1 aromatic carbocycles. The topological polar surface area (TPSA) is 55.6 Å². The van der Waals surface area contributed by atoms with Gasteiger partial charge in [-0.2, -0.15) is 0 Å². The SMILES string of the molecule is O=C(NCCCOc1ccc(F)cc1)c1nc(C2CC2)n2ccccc12. The largest absolute Gasteiger partial charge is 0.494 e. The molecular formula is C20H20FN3O2. The third-order valence-corrected chi connectivity index (χ3v) is 4.42. The van der Waals surface area contributed by atoms with Crippen molar-refractivity contribution in [1.82, 2.24) is 14.7 Å². The molecule has 5 nitrogen and oxygen atoms in total. The summed E-state index contributed by atoms with van der Waals surface area (Å²) in [6.07, 6.45) is 4.89. The third kappa shape index (κ3) is 3.54. The molecule has 26 heavy (non-hydrogen) atoms. The standard InChI is InChI=1S/C20H20FN3O2/c21-15-7-9-16(10-8-15)26-13-3-11-22-20(25)18-17-4-1-2-12-24(17)19(23-18)14-5-6-14/h1-2,4,7-10,12,14H,3,5-6,11,13H2,(H,22,25). The molecular weight excluding hydrogens is 333 g/mol. The summed E-state index contributed by atoms with van der Waals surface area (Å²) in [7, 11) is 0. The maximum atomic E-state index is 12.8. The highest BCUT2D eigenvalue weighted by Crippen LogP contribution is 2.39. The molecule has 0 spiro atoms. The zero-order valence-corrected chi connectivity index (χ0v) is 14.3. The van der Waals surface area contributed by atoms with Crippen molar-refractivity contribution in [2.24, 2.45) is 0 Å². The van der Waals surface area contributed by atoms with Crippen LogP contribution in [-0.4, -0.2) is 28.4 Å². The van der Waals surface area contributed by atoms with E-state index < -0.39 is 0 Å². The van der Waals surface area contributed by atoms with Gasteiger partial charge in [0.05, 0.1) is 12.1 Å². The predicted molar refractivity (Wildman–Crippen MR) is 96.0 cm³/mol. The van der Waals surface area contributed by atoms with Crippen molar-refractivity contribution in [2.75, 3.05) is 13.2 Å². The van der Waals surface area contributed by atoms with E-state index in [0.717, 1.165) is 24.2 Å². The van der Waals surface area contributed by atoms with Crippen LogP contribution in [0.5, 0.6) is 5.75 Å². The summed E-state index contributed by atoms with van der Waals surface area (Å²) in [5.41, 5.74) is 1.32.